The van der Waals surface area contributed by atoms with Crippen LogP contribution in [0.4, 0.5) is 4.79 Å². The Bertz CT molecular complexity index is 353. The average molecular weight is 255 g/mol. The lowest BCUT2D eigenvalue weighted by molar-refractivity contribution is 0.109. The zero-order chi connectivity index (χ0) is 12.1. The predicted molar refractivity (Wildman–Crippen MR) is 67.1 cm³/mol. The molecule has 0 aliphatic carbocycles. The molecular weight excluding hydrogens is 238 g/mol. The van der Waals surface area contributed by atoms with Gasteiger partial charge in [0.25, 0.3) is 0 Å². The minimum atomic E-state index is -0.201. The van der Waals surface area contributed by atoms with Gasteiger partial charge in [0.2, 0.25) is 0 Å². The van der Waals surface area contributed by atoms with Crippen molar-refractivity contribution in [2.75, 3.05) is 25.4 Å². The van der Waals surface area contributed by atoms with Crippen LogP contribution in [0.25, 0.3) is 0 Å². The fraction of sp³-hybridized carbons (Fsp3) is 0.583. The molecule has 1 amide bonds. The van der Waals surface area contributed by atoms with Gasteiger partial charge in [-0.15, -0.1) is 11.8 Å². The molecule has 1 aliphatic heterocycles. The Morgan fingerprint density at radius 3 is 3.24 bits per heavy atom. The first-order valence-corrected chi connectivity index (χ1v) is 6.93. The SMILES string of the molecule is CCOC(=O)N1CCS[C@@H](c2ccco2)CC1. The van der Waals surface area contributed by atoms with Crippen LogP contribution in [0.2, 0.25) is 0 Å². The molecule has 1 fully saturated rings. The van der Waals surface area contributed by atoms with Gasteiger partial charge in [0.05, 0.1) is 18.1 Å². The zero-order valence-corrected chi connectivity index (χ0v) is 10.7. The average Bonchev–Trinajstić information content (AvgIpc) is 2.74. The van der Waals surface area contributed by atoms with Crippen molar-refractivity contribution in [3.63, 3.8) is 0 Å². The van der Waals surface area contributed by atoms with Gasteiger partial charge in [-0.2, -0.15) is 0 Å². The van der Waals surface area contributed by atoms with Gasteiger partial charge in [-0.25, -0.2) is 4.79 Å². The molecule has 94 valence electrons. The maximum atomic E-state index is 11.6. The van der Waals surface area contributed by atoms with Gasteiger partial charge in [-0.1, -0.05) is 0 Å². The lowest BCUT2D eigenvalue weighted by atomic mass is 10.2. The lowest BCUT2D eigenvalue weighted by Crippen LogP contribution is -2.33. The van der Waals surface area contributed by atoms with Gasteiger partial charge < -0.3 is 14.1 Å². The van der Waals surface area contributed by atoms with Crippen LogP contribution in [-0.4, -0.2) is 36.4 Å². The van der Waals surface area contributed by atoms with Crippen molar-refractivity contribution < 1.29 is 13.9 Å². The minimum absolute atomic E-state index is 0.201. The number of rotatable bonds is 2. The molecule has 0 unspecified atom stereocenters. The Morgan fingerprint density at radius 1 is 1.65 bits per heavy atom. The van der Waals surface area contributed by atoms with Gasteiger partial charge in [0.15, 0.2) is 0 Å². The van der Waals surface area contributed by atoms with Crippen molar-refractivity contribution in [3.05, 3.63) is 24.2 Å². The number of thioether (sulfide) groups is 1. The van der Waals surface area contributed by atoms with Crippen LogP contribution < -0.4 is 0 Å². The van der Waals surface area contributed by atoms with Crippen molar-refractivity contribution in [1.29, 1.82) is 0 Å². The lowest BCUT2D eigenvalue weighted by Gasteiger charge is -2.18. The maximum absolute atomic E-state index is 11.6. The highest BCUT2D eigenvalue weighted by Crippen LogP contribution is 2.34. The highest BCUT2D eigenvalue weighted by Gasteiger charge is 2.23. The minimum Gasteiger partial charge on any atom is -0.468 e. The smallest absolute Gasteiger partial charge is 0.409 e. The fourth-order valence-corrected chi connectivity index (χ4v) is 3.05. The van der Waals surface area contributed by atoms with E-state index in [1.54, 1.807) is 11.2 Å². The topological polar surface area (TPSA) is 42.7 Å². The summed E-state index contributed by atoms with van der Waals surface area (Å²) in [4.78, 5) is 13.4. The maximum Gasteiger partial charge on any atom is 0.409 e. The second-order valence-electron chi connectivity index (χ2n) is 3.85. The normalized spacial score (nSPS) is 21.0. The highest BCUT2D eigenvalue weighted by atomic mass is 32.2. The van der Waals surface area contributed by atoms with Crippen molar-refractivity contribution in [3.8, 4) is 0 Å². The number of hydrogen-bond donors (Lipinski definition) is 0. The van der Waals surface area contributed by atoms with Gasteiger partial charge in [0, 0.05) is 18.8 Å². The van der Waals surface area contributed by atoms with Gasteiger partial charge in [0.1, 0.15) is 5.76 Å². The summed E-state index contributed by atoms with van der Waals surface area (Å²) in [7, 11) is 0. The van der Waals surface area contributed by atoms with Crippen molar-refractivity contribution in [2.24, 2.45) is 0 Å². The number of hydrogen-bond acceptors (Lipinski definition) is 4. The number of carbonyl (C=O) groups excluding carboxylic acids is 1. The summed E-state index contributed by atoms with van der Waals surface area (Å²) < 4.78 is 10.4. The van der Waals surface area contributed by atoms with Crippen LogP contribution in [0.1, 0.15) is 24.4 Å². The third-order valence-corrected chi connectivity index (χ3v) is 4.02. The molecular formula is C12H17NO3S. The molecule has 0 radical (unpaired) electrons. The Kier molecular flexibility index (Phi) is 4.36. The van der Waals surface area contributed by atoms with E-state index in [-0.39, 0.29) is 6.09 Å². The zero-order valence-electron chi connectivity index (χ0n) is 9.93. The third kappa shape index (κ3) is 3.19. The van der Waals surface area contributed by atoms with Crippen LogP contribution in [0.3, 0.4) is 0 Å². The summed E-state index contributed by atoms with van der Waals surface area (Å²) >= 11 is 1.84. The van der Waals surface area contributed by atoms with E-state index in [1.165, 1.54) is 0 Å². The summed E-state index contributed by atoms with van der Waals surface area (Å²) in [5, 5.41) is 0.351. The van der Waals surface area contributed by atoms with Crippen LogP contribution in [0, 0.1) is 0 Å². The molecule has 1 aliphatic rings. The number of ether oxygens (including phenoxy) is 1. The van der Waals surface area contributed by atoms with Crippen LogP contribution in [0.15, 0.2) is 22.8 Å². The van der Waals surface area contributed by atoms with Crippen molar-refractivity contribution in [2.45, 2.75) is 18.6 Å². The molecule has 2 rings (SSSR count). The second-order valence-corrected chi connectivity index (χ2v) is 5.16. The van der Waals surface area contributed by atoms with Crippen LogP contribution >= 0.6 is 11.8 Å². The summed E-state index contributed by atoms with van der Waals surface area (Å²) in [5.74, 6) is 1.92. The Hall–Kier alpha value is -1.10. The summed E-state index contributed by atoms with van der Waals surface area (Å²) in [6.07, 6.45) is 2.41. The largest absolute Gasteiger partial charge is 0.468 e. The van der Waals surface area contributed by atoms with Gasteiger partial charge in [-0.3, -0.25) is 0 Å². The number of carbonyl (C=O) groups is 1. The van der Waals surface area contributed by atoms with E-state index in [0.717, 1.165) is 31.0 Å². The molecule has 0 N–H and O–H groups in total. The molecule has 0 saturated carbocycles. The van der Waals surface area contributed by atoms with E-state index in [9.17, 15) is 4.79 Å². The molecule has 0 aromatic carbocycles. The van der Waals surface area contributed by atoms with E-state index >= 15 is 0 Å². The Labute approximate surface area is 105 Å². The quantitative estimate of drug-likeness (QED) is 0.815. The number of nitrogens with zero attached hydrogens (tertiary/aromatic N) is 1. The summed E-state index contributed by atoms with van der Waals surface area (Å²) in [6.45, 7) is 3.75. The van der Waals surface area contributed by atoms with Gasteiger partial charge >= 0.3 is 6.09 Å². The second kappa shape index (κ2) is 6.00. The summed E-state index contributed by atoms with van der Waals surface area (Å²) in [5.41, 5.74) is 0. The molecule has 4 nitrogen and oxygen atoms in total. The standard InChI is InChI=1S/C12H17NO3S/c1-2-15-12(14)13-6-5-11(17-9-7-13)10-4-3-8-16-10/h3-4,8,11H,2,5-7,9H2,1H3/t11-/m1/s1. The van der Waals surface area contributed by atoms with Crippen LogP contribution in [0.5, 0.6) is 0 Å². The molecule has 1 atom stereocenters. The third-order valence-electron chi connectivity index (χ3n) is 2.73. The summed E-state index contributed by atoms with van der Waals surface area (Å²) in [6, 6.07) is 3.90. The Balaban J connectivity index is 1.91. The first-order chi connectivity index (χ1) is 8.31. The molecule has 17 heavy (non-hydrogen) atoms. The number of furan rings is 1. The van der Waals surface area contributed by atoms with Crippen molar-refractivity contribution >= 4 is 17.9 Å². The predicted octanol–water partition coefficient (Wildman–Crippen LogP) is 2.92. The first-order valence-electron chi connectivity index (χ1n) is 5.88. The van der Waals surface area contributed by atoms with Crippen LogP contribution in [-0.2, 0) is 4.74 Å². The molecule has 5 heteroatoms. The van der Waals surface area contributed by atoms with E-state index in [1.807, 2.05) is 30.8 Å². The molecule has 1 aromatic rings. The molecule has 2 heterocycles. The molecule has 1 saturated heterocycles. The van der Waals surface area contributed by atoms with E-state index < -0.39 is 0 Å². The van der Waals surface area contributed by atoms with Crippen molar-refractivity contribution in [1.82, 2.24) is 4.90 Å². The molecule has 0 spiro atoms. The molecule has 1 aromatic heterocycles. The van der Waals surface area contributed by atoms with Gasteiger partial charge in [-0.05, 0) is 25.5 Å². The van der Waals surface area contributed by atoms with E-state index in [4.69, 9.17) is 9.15 Å². The number of amides is 1. The van der Waals surface area contributed by atoms with E-state index in [0.29, 0.717) is 11.9 Å². The highest BCUT2D eigenvalue weighted by molar-refractivity contribution is 7.99. The van der Waals surface area contributed by atoms with E-state index in [2.05, 4.69) is 0 Å². The first kappa shape index (κ1) is 12.4. The Morgan fingerprint density at radius 2 is 2.53 bits per heavy atom. The monoisotopic (exact) mass is 255 g/mol. The molecule has 0 bridgehead atoms. The fourth-order valence-electron chi connectivity index (χ4n) is 1.87.